The first-order valence-electron chi connectivity index (χ1n) is 12.9. The van der Waals surface area contributed by atoms with Crippen molar-refractivity contribution >= 4 is 37.1 Å². The molecule has 1 nitrogen and oxygen atoms in total. The van der Waals surface area contributed by atoms with Crippen molar-refractivity contribution in [2.24, 2.45) is 0 Å². The van der Waals surface area contributed by atoms with Crippen molar-refractivity contribution in [3.05, 3.63) is 135 Å². The van der Waals surface area contributed by atoms with Crippen molar-refractivity contribution in [1.29, 1.82) is 0 Å². The van der Waals surface area contributed by atoms with Crippen LogP contribution >= 0.6 is 15.8 Å². The molecule has 40 heavy (non-hydrogen) atoms. The van der Waals surface area contributed by atoms with Crippen LogP contribution in [0, 0.1) is 13.3 Å². The maximum absolute atomic E-state index is 9.58. The van der Waals surface area contributed by atoms with E-state index in [2.05, 4.69) is 128 Å². The van der Waals surface area contributed by atoms with Crippen LogP contribution in [0.3, 0.4) is 0 Å². The van der Waals surface area contributed by atoms with Crippen molar-refractivity contribution in [2.75, 3.05) is 12.3 Å². The first kappa shape index (κ1) is 36.0. The Hall–Kier alpha value is -2.04. The molecule has 1 fully saturated rings. The number of rotatable bonds is 7. The summed E-state index contributed by atoms with van der Waals surface area (Å²) in [5.41, 5.74) is 0. The third-order valence-corrected chi connectivity index (χ3v) is 11.4. The molecule has 0 atom stereocenters. The SMILES string of the molecule is C1CCCC1.F[C-](F)F.[C-]#[O+].[Mo].c1ccc(P(CCP(c2ccccc2)c2ccccc2)c2ccccc2)cc1. The second-order valence-electron chi connectivity index (χ2n) is 8.63. The van der Waals surface area contributed by atoms with Crippen molar-refractivity contribution in [2.45, 2.75) is 32.1 Å². The molecule has 4 aromatic rings. The van der Waals surface area contributed by atoms with E-state index in [9.17, 15) is 13.2 Å². The summed E-state index contributed by atoms with van der Waals surface area (Å²) in [6.07, 6.45) is 9.91. The molecule has 4 aromatic carbocycles. The van der Waals surface area contributed by atoms with E-state index in [0.717, 1.165) is 0 Å². The molecular weight excluding hydrogens is 627 g/mol. The van der Waals surface area contributed by atoms with Gasteiger partial charge < -0.3 is 13.2 Å². The Morgan fingerprint density at radius 2 is 0.650 bits per heavy atom. The number of hydrogen-bond acceptors (Lipinski definition) is 0. The van der Waals surface area contributed by atoms with E-state index < -0.39 is 6.68 Å². The Morgan fingerprint density at radius 1 is 0.475 bits per heavy atom. The van der Waals surface area contributed by atoms with Gasteiger partial charge in [-0.3, -0.25) is 0 Å². The van der Waals surface area contributed by atoms with Gasteiger partial charge in [-0.25, -0.2) is 0 Å². The molecule has 0 bridgehead atoms. The minimum absolute atomic E-state index is 0. The van der Waals surface area contributed by atoms with E-state index in [0.29, 0.717) is 0 Å². The molecule has 210 valence electrons. The smallest absolute Gasteiger partial charge is 0 e. The van der Waals surface area contributed by atoms with Crippen LogP contribution in [-0.2, 0) is 25.7 Å². The van der Waals surface area contributed by atoms with Gasteiger partial charge in [0.1, 0.15) is 0 Å². The van der Waals surface area contributed by atoms with Gasteiger partial charge in [-0.15, -0.1) is 0 Å². The van der Waals surface area contributed by atoms with Crippen LogP contribution in [0.1, 0.15) is 32.1 Å². The maximum atomic E-state index is 9.58. The molecule has 0 amide bonds. The van der Waals surface area contributed by atoms with E-state index in [1.54, 1.807) is 0 Å². The third kappa shape index (κ3) is 14.0. The van der Waals surface area contributed by atoms with Crippen LogP contribution in [0.25, 0.3) is 0 Å². The molecule has 0 unspecified atom stereocenters. The van der Waals surface area contributed by atoms with Crippen LogP contribution in [0.2, 0.25) is 0 Å². The second-order valence-corrected chi connectivity index (χ2v) is 13.3. The molecule has 0 spiro atoms. The van der Waals surface area contributed by atoms with Crippen molar-refractivity contribution < 1.29 is 38.9 Å². The Morgan fingerprint density at radius 3 is 0.825 bits per heavy atom. The topological polar surface area (TPSA) is 19.9 Å². The standard InChI is InChI=1S/C26H24P2.C5H10.CF3.CO.Mo/c1-5-13-23(14-6-1)27(24-15-7-2-8-16-24)21-22-28(25-17-9-3-10-18-25)26-19-11-4-12-20-26;1-2-4-5-3-1;2-1(3)4;1-2;/h1-20H,21-22H2;1-5H2;;;/q;;-1;;. The summed E-state index contributed by atoms with van der Waals surface area (Å²) in [5.74, 6) is 0. The number of hydrogen-bond donors (Lipinski definition) is 0. The summed E-state index contributed by atoms with van der Waals surface area (Å²) < 4.78 is 36.2. The molecule has 0 heterocycles. The molecule has 7 heteroatoms. The van der Waals surface area contributed by atoms with Gasteiger partial charge >= 0.3 is 11.3 Å². The van der Waals surface area contributed by atoms with E-state index >= 15 is 0 Å². The van der Waals surface area contributed by atoms with Gasteiger partial charge in [0.05, 0.1) is 0 Å². The molecule has 1 aliphatic carbocycles. The minimum atomic E-state index is -3.08. The Labute approximate surface area is 254 Å². The summed E-state index contributed by atoms with van der Waals surface area (Å²) in [7, 11) is -0.696. The van der Waals surface area contributed by atoms with Crippen LogP contribution < -0.4 is 21.2 Å². The summed E-state index contributed by atoms with van der Waals surface area (Å²) in [4.78, 5) is 0. The van der Waals surface area contributed by atoms with E-state index in [1.165, 1.54) is 65.6 Å². The van der Waals surface area contributed by atoms with Gasteiger partial charge in [0, 0.05) is 21.1 Å². The number of benzene rings is 4. The second kappa shape index (κ2) is 22.6. The fourth-order valence-electron chi connectivity index (χ4n) is 4.33. The summed E-state index contributed by atoms with van der Waals surface area (Å²) in [6.45, 7) is 1.42. The summed E-state index contributed by atoms with van der Waals surface area (Å²) >= 11 is 0. The molecule has 0 N–H and O–H groups in total. The molecule has 0 saturated heterocycles. The number of halogens is 3. The monoisotopic (exact) mass is 663 g/mol. The van der Waals surface area contributed by atoms with Crippen molar-refractivity contribution in [3.8, 4) is 0 Å². The zero-order valence-electron chi connectivity index (χ0n) is 22.3. The van der Waals surface area contributed by atoms with Gasteiger partial charge in [-0.1, -0.05) is 153 Å². The van der Waals surface area contributed by atoms with E-state index in [4.69, 9.17) is 4.65 Å². The van der Waals surface area contributed by atoms with Gasteiger partial charge in [-0.2, -0.15) is 0 Å². The Balaban J connectivity index is 0.000000567. The summed E-state index contributed by atoms with van der Waals surface area (Å²) in [5, 5.41) is 5.89. The van der Waals surface area contributed by atoms with E-state index in [-0.39, 0.29) is 36.9 Å². The van der Waals surface area contributed by atoms with Crippen molar-refractivity contribution in [3.63, 3.8) is 0 Å². The largest absolute Gasteiger partial charge is 0.0622 e. The molecule has 1 saturated carbocycles. The average Bonchev–Trinajstić information content (AvgIpc) is 3.59. The zero-order valence-corrected chi connectivity index (χ0v) is 26.1. The first-order valence-corrected chi connectivity index (χ1v) is 16.0. The maximum Gasteiger partial charge on any atom is 0 e. The normalized spacial score (nSPS) is 11.7. The quantitative estimate of drug-likeness (QED) is 0.0820. The van der Waals surface area contributed by atoms with Gasteiger partial charge in [0.25, 0.3) is 0 Å². The predicted molar refractivity (Wildman–Crippen MR) is 161 cm³/mol. The first-order chi connectivity index (χ1) is 19.1. The fraction of sp³-hybridized carbons (Fsp3) is 0.212. The average molecular weight is 662 g/mol. The molecule has 1 aliphatic rings. The van der Waals surface area contributed by atoms with Crippen LogP contribution in [0.5, 0.6) is 0 Å². The fourth-order valence-corrected chi connectivity index (χ4v) is 9.69. The Kier molecular flexibility index (Phi) is 20.4. The van der Waals surface area contributed by atoms with Gasteiger partial charge in [0.15, 0.2) is 6.68 Å². The van der Waals surface area contributed by atoms with Crippen LogP contribution in [0.4, 0.5) is 13.2 Å². The van der Waals surface area contributed by atoms with Gasteiger partial charge in [0.2, 0.25) is 0 Å². The van der Waals surface area contributed by atoms with Crippen molar-refractivity contribution in [1.82, 2.24) is 0 Å². The minimum Gasteiger partial charge on any atom is -0.0622 e. The molecule has 5 rings (SSSR count). The van der Waals surface area contributed by atoms with E-state index in [1.807, 2.05) is 0 Å². The third-order valence-electron chi connectivity index (χ3n) is 6.07. The molecule has 0 aliphatic heterocycles. The van der Waals surface area contributed by atoms with Gasteiger partial charge in [-0.05, 0) is 49.4 Å². The predicted octanol–water partition coefficient (Wildman–Crippen LogP) is 8.50. The summed E-state index contributed by atoms with van der Waals surface area (Å²) in [6, 6.07) is 44.2. The van der Waals surface area contributed by atoms with Crippen LogP contribution in [-0.4, -0.2) is 12.3 Å². The molecule has 0 aromatic heterocycles. The zero-order chi connectivity index (χ0) is 28.1. The molecular formula is C33H34F3MoOP2-. The van der Waals surface area contributed by atoms with Crippen LogP contribution in [0.15, 0.2) is 121 Å². The molecule has 0 radical (unpaired) electrons. The Bertz CT molecular complexity index is 974.